The maximum Gasteiger partial charge on any atom is 0.306 e. The van der Waals surface area contributed by atoms with Crippen molar-refractivity contribution in [3.63, 3.8) is 0 Å². The Kier molecular flexibility index (Phi) is 47.2. The van der Waals surface area contributed by atoms with E-state index in [1.165, 1.54) is 122 Å². The van der Waals surface area contributed by atoms with Gasteiger partial charge in [-0.05, 0) is 77.0 Å². The quantitative estimate of drug-likeness (QED) is 0.0195. The summed E-state index contributed by atoms with van der Waals surface area (Å²) in [6.45, 7) is 4.64. The number of nitrogens with zero attached hydrogens (tertiary/aromatic N) is 1. The van der Waals surface area contributed by atoms with Crippen LogP contribution in [0.4, 0.5) is 0 Å². The lowest BCUT2D eigenvalue weighted by Crippen LogP contribution is -2.44. The average molecular weight is 942 g/mol. The van der Waals surface area contributed by atoms with Crippen LogP contribution in [0.25, 0.3) is 0 Å². The Hall–Kier alpha value is -3.01. The second kappa shape index (κ2) is 49.4. The van der Waals surface area contributed by atoms with Gasteiger partial charge in [-0.1, -0.05) is 203 Å². The van der Waals surface area contributed by atoms with Crippen LogP contribution in [0.15, 0.2) is 60.8 Å². The SMILES string of the molecule is CC/C=C\C/C=C\C/C=C\C/C=C\CCCCCCCCCCCCCCC(=O)OC(COC(=O)CCCCCCCCC/C=C\CCCCCCCC)COC(OCC[N+](C)(C)C)C(=O)[O-]. The zero-order valence-corrected chi connectivity index (χ0v) is 44.0. The van der Waals surface area contributed by atoms with Crippen LogP contribution in [0.3, 0.4) is 0 Å². The van der Waals surface area contributed by atoms with E-state index >= 15 is 0 Å². The Morgan fingerprint density at radius 2 is 0.851 bits per heavy atom. The number of hydrogen-bond acceptors (Lipinski definition) is 8. The third kappa shape index (κ3) is 50.7. The standard InChI is InChI=1S/C58H103NO8/c1-6-8-10-12-14-16-18-20-22-24-25-26-27-28-29-30-31-33-35-37-39-41-43-45-47-49-56(61)67-54(53-66-58(57(62)63)64-51-50-59(3,4)5)52-65-55(60)48-46-44-42-40-38-36-34-32-23-21-19-17-15-13-11-9-7-2/h8,10,14,16,20-23,25-26,54,58H,6-7,9,11-13,15,17-19,24,27-53H2,1-5H3/b10-8-,16-14-,22-20-,23-21-,26-25-. The van der Waals surface area contributed by atoms with Crippen molar-refractivity contribution in [2.24, 2.45) is 0 Å². The molecule has 0 saturated heterocycles. The minimum absolute atomic E-state index is 0.145. The highest BCUT2D eigenvalue weighted by atomic mass is 16.7. The second-order valence-electron chi connectivity index (χ2n) is 19.5. The van der Waals surface area contributed by atoms with Crippen LogP contribution in [-0.4, -0.2) is 82.3 Å². The molecule has 0 aliphatic carbocycles. The summed E-state index contributed by atoms with van der Waals surface area (Å²) in [5.41, 5.74) is 0. The molecule has 0 aromatic heterocycles. The smallest absolute Gasteiger partial charge is 0.306 e. The van der Waals surface area contributed by atoms with Crippen molar-refractivity contribution < 1.29 is 42.9 Å². The molecule has 0 amide bonds. The van der Waals surface area contributed by atoms with Gasteiger partial charge < -0.3 is 33.3 Å². The molecule has 0 rings (SSSR count). The van der Waals surface area contributed by atoms with Crippen molar-refractivity contribution in [2.45, 2.75) is 245 Å². The molecule has 0 aliphatic rings. The summed E-state index contributed by atoms with van der Waals surface area (Å²) in [4.78, 5) is 37.2. The van der Waals surface area contributed by atoms with Crippen molar-refractivity contribution in [1.82, 2.24) is 0 Å². The molecule has 2 unspecified atom stereocenters. The maximum absolute atomic E-state index is 12.8. The van der Waals surface area contributed by atoms with E-state index in [4.69, 9.17) is 18.9 Å². The van der Waals surface area contributed by atoms with Gasteiger partial charge >= 0.3 is 11.9 Å². The molecule has 9 nitrogen and oxygen atoms in total. The number of allylic oxidation sites excluding steroid dienone is 10. The zero-order valence-electron chi connectivity index (χ0n) is 44.0. The van der Waals surface area contributed by atoms with Crippen molar-refractivity contribution in [1.29, 1.82) is 0 Å². The molecule has 0 radical (unpaired) electrons. The third-order valence-corrected chi connectivity index (χ3v) is 11.7. The number of likely N-dealkylation sites (N-methyl/N-ethyl adjacent to an activating group) is 1. The largest absolute Gasteiger partial charge is 0.545 e. The summed E-state index contributed by atoms with van der Waals surface area (Å²) in [6, 6.07) is 0. The van der Waals surface area contributed by atoms with Gasteiger partial charge in [0.05, 0.1) is 40.3 Å². The predicted molar refractivity (Wildman–Crippen MR) is 278 cm³/mol. The van der Waals surface area contributed by atoms with Gasteiger partial charge in [0.15, 0.2) is 12.4 Å². The number of quaternary nitrogens is 1. The summed E-state index contributed by atoms with van der Waals surface area (Å²) in [5, 5.41) is 11.8. The third-order valence-electron chi connectivity index (χ3n) is 11.7. The normalized spacial score (nSPS) is 13.3. The Morgan fingerprint density at radius 1 is 0.463 bits per heavy atom. The summed E-state index contributed by atoms with van der Waals surface area (Å²) in [5.74, 6) is -2.29. The number of aliphatic carboxylic acids is 1. The minimum Gasteiger partial charge on any atom is -0.545 e. The van der Waals surface area contributed by atoms with Crippen molar-refractivity contribution in [3.8, 4) is 0 Å². The molecule has 2 atom stereocenters. The number of hydrogen-bond donors (Lipinski definition) is 0. The zero-order chi connectivity index (χ0) is 49.2. The van der Waals surface area contributed by atoms with Crippen molar-refractivity contribution in [2.75, 3.05) is 47.5 Å². The van der Waals surface area contributed by atoms with E-state index in [-0.39, 0.29) is 38.6 Å². The number of unbranched alkanes of at least 4 members (excludes halogenated alkanes) is 25. The number of carboxylic acids is 1. The molecule has 0 spiro atoms. The molecular formula is C58H103NO8. The van der Waals surface area contributed by atoms with E-state index in [9.17, 15) is 19.5 Å². The molecule has 0 heterocycles. The minimum atomic E-state index is -1.62. The molecule has 0 bridgehead atoms. The number of carbonyl (C=O) groups is 3. The van der Waals surface area contributed by atoms with E-state index < -0.39 is 24.3 Å². The highest BCUT2D eigenvalue weighted by Gasteiger charge is 2.22. The maximum atomic E-state index is 12.8. The fourth-order valence-corrected chi connectivity index (χ4v) is 7.52. The molecule has 388 valence electrons. The van der Waals surface area contributed by atoms with Crippen molar-refractivity contribution >= 4 is 17.9 Å². The van der Waals surface area contributed by atoms with E-state index in [1.54, 1.807) is 0 Å². The molecule has 0 saturated carbocycles. The Labute approximate surface area is 412 Å². The molecule has 0 aromatic rings. The van der Waals surface area contributed by atoms with E-state index in [0.29, 0.717) is 17.4 Å². The molecule has 9 heteroatoms. The fourth-order valence-electron chi connectivity index (χ4n) is 7.52. The first-order valence-electron chi connectivity index (χ1n) is 27.4. The molecular weight excluding hydrogens is 839 g/mol. The highest BCUT2D eigenvalue weighted by Crippen LogP contribution is 2.15. The highest BCUT2D eigenvalue weighted by molar-refractivity contribution is 5.70. The number of ether oxygens (including phenoxy) is 4. The van der Waals surface area contributed by atoms with Gasteiger partial charge in [-0.25, -0.2) is 0 Å². The summed E-state index contributed by atoms with van der Waals surface area (Å²) in [6.07, 6.45) is 58.3. The Balaban J connectivity index is 4.27. The Morgan fingerprint density at radius 3 is 1.28 bits per heavy atom. The average Bonchev–Trinajstić information content (AvgIpc) is 3.29. The summed E-state index contributed by atoms with van der Waals surface area (Å²) >= 11 is 0. The number of rotatable bonds is 50. The van der Waals surface area contributed by atoms with Gasteiger partial charge in [0.1, 0.15) is 13.2 Å². The molecule has 0 N–H and O–H groups in total. The Bertz CT molecular complexity index is 1280. The van der Waals surface area contributed by atoms with E-state index in [2.05, 4.69) is 74.6 Å². The first kappa shape index (κ1) is 64.0. The molecule has 67 heavy (non-hydrogen) atoms. The number of carbonyl (C=O) groups excluding carboxylic acids is 3. The monoisotopic (exact) mass is 942 g/mol. The predicted octanol–water partition coefficient (Wildman–Crippen LogP) is 14.3. The van der Waals surface area contributed by atoms with Gasteiger partial charge in [0, 0.05) is 12.8 Å². The van der Waals surface area contributed by atoms with Crippen LogP contribution in [-0.2, 0) is 33.3 Å². The summed E-state index contributed by atoms with van der Waals surface area (Å²) in [7, 11) is 5.92. The van der Waals surface area contributed by atoms with Crippen LogP contribution >= 0.6 is 0 Å². The number of esters is 2. The van der Waals surface area contributed by atoms with Crippen LogP contribution in [0, 0.1) is 0 Å². The molecule has 0 aromatic carbocycles. The van der Waals surface area contributed by atoms with Gasteiger partial charge in [-0.2, -0.15) is 0 Å². The van der Waals surface area contributed by atoms with Crippen LogP contribution < -0.4 is 5.11 Å². The van der Waals surface area contributed by atoms with Gasteiger partial charge in [-0.3, -0.25) is 9.59 Å². The van der Waals surface area contributed by atoms with E-state index in [1.807, 2.05) is 21.1 Å². The van der Waals surface area contributed by atoms with Gasteiger partial charge in [0.25, 0.3) is 0 Å². The first-order chi connectivity index (χ1) is 32.6. The van der Waals surface area contributed by atoms with Gasteiger partial charge in [-0.15, -0.1) is 0 Å². The van der Waals surface area contributed by atoms with Crippen molar-refractivity contribution in [3.05, 3.63) is 60.8 Å². The lowest BCUT2D eigenvalue weighted by atomic mass is 10.0. The second-order valence-corrected chi connectivity index (χ2v) is 19.5. The van der Waals surface area contributed by atoms with Crippen LogP contribution in [0.5, 0.6) is 0 Å². The summed E-state index contributed by atoms with van der Waals surface area (Å²) < 4.78 is 22.7. The van der Waals surface area contributed by atoms with Crippen LogP contribution in [0.1, 0.15) is 232 Å². The lowest BCUT2D eigenvalue weighted by Gasteiger charge is -2.26. The molecule has 0 fully saturated rings. The topological polar surface area (TPSA) is 111 Å². The van der Waals surface area contributed by atoms with Crippen LogP contribution in [0.2, 0.25) is 0 Å². The van der Waals surface area contributed by atoms with Gasteiger partial charge in [0.2, 0.25) is 0 Å². The van der Waals surface area contributed by atoms with E-state index in [0.717, 1.165) is 77.0 Å². The molecule has 0 aliphatic heterocycles. The number of carboxylic acid groups (broad SMARTS) is 1. The first-order valence-corrected chi connectivity index (χ1v) is 27.4. The fraction of sp³-hybridized carbons (Fsp3) is 0.776. The lowest BCUT2D eigenvalue weighted by molar-refractivity contribution is -0.870.